The van der Waals surface area contributed by atoms with Gasteiger partial charge in [0, 0.05) is 16.5 Å². The number of aliphatic carboxylic acids is 1. The van der Waals surface area contributed by atoms with Crippen LogP contribution in [-0.4, -0.2) is 16.1 Å². The number of carboxylic acid groups (broad SMARTS) is 1. The average molecular weight is 371 g/mol. The number of H-pyrrole nitrogens is 1. The lowest BCUT2D eigenvalue weighted by molar-refractivity contribution is -0.136. The molecule has 0 spiro atoms. The van der Waals surface area contributed by atoms with E-state index in [1.54, 1.807) is 0 Å². The van der Waals surface area contributed by atoms with Crippen molar-refractivity contribution >= 4 is 16.9 Å². The number of para-hydroxylation sites is 2. The van der Waals surface area contributed by atoms with E-state index in [1.807, 2.05) is 79.7 Å². The normalized spacial score (nSPS) is 10.9. The second-order valence-electron chi connectivity index (χ2n) is 6.82. The van der Waals surface area contributed by atoms with Gasteiger partial charge in [0.1, 0.15) is 12.4 Å². The quantitative estimate of drug-likeness (QED) is 0.480. The molecule has 4 rings (SSSR count). The predicted molar refractivity (Wildman–Crippen MR) is 111 cm³/mol. The molecular formula is C24H21NO3. The van der Waals surface area contributed by atoms with Crippen molar-refractivity contribution in [2.24, 2.45) is 0 Å². The predicted octanol–water partition coefficient (Wildman–Crippen LogP) is 5.35. The number of carboxylic acids is 1. The summed E-state index contributed by atoms with van der Waals surface area (Å²) < 4.78 is 6.10. The van der Waals surface area contributed by atoms with Gasteiger partial charge in [0.2, 0.25) is 0 Å². The monoisotopic (exact) mass is 371 g/mol. The highest BCUT2D eigenvalue weighted by Crippen LogP contribution is 2.37. The lowest BCUT2D eigenvalue weighted by Gasteiger charge is -2.12. The molecule has 28 heavy (non-hydrogen) atoms. The first-order valence-electron chi connectivity index (χ1n) is 9.21. The van der Waals surface area contributed by atoms with Crippen molar-refractivity contribution in [2.45, 2.75) is 20.0 Å². The minimum absolute atomic E-state index is 0.0498. The SMILES string of the molecule is Cc1cccc2c(CC(=O)O)c(-c3ccccc3OCc3ccccc3)[nH]c12. The van der Waals surface area contributed by atoms with Gasteiger partial charge in [-0.15, -0.1) is 0 Å². The number of aromatic nitrogens is 1. The van der Waals surface area contributed by atoms with Gasteiger partial charge in [-0.05, 0) is 35.7 Å². The number of aryl methyl sites for hydroxylation is 1. The summed E-state index contributed by atoms with van der Waals surface area (Å²) >= 11 is 0. The van der Waals surface area contributed by atoms with Crippen LogP contribution in [0.5, 0.6) is 5.75 Å². The summed E-state index contributed by atoms with van der Waals surface area (Å²) in [4.78, 5) is 15.0. The molecule has 0 amide bonds. The van der Waals surface area contributed by atoms with Gasteiger partial charge in [-0.1, -0.05) is 60.7 Å². The maximum absolute atomic E-state index is 11.5. The zero-order chi connectivity index (χ0) is 19.5. The second kappa shape index (κ2) is 7.61. The van der Waals surface area contributed by atoms with E-state index in [-0.39, 0.29) is 6.42 Å². The summed E-state index contributed by atoms with van der Waals surface area (Å²) in [6.45, 7) is 2.47. The van der Waals surface area contributed by atoms with Crippen molar-refractivity contribution in [1.82, 2.24) is 4.98 Å². The minimum atomic E-state index is -0.855. The number of rotatable bonds is 6. The fourth-order valence-electron chi connectivity index (χ4n) is 3.52. The summed E-state index contributed by atoms with van der Waals surface area (Å²) in [5.41, 5.74) is 5.57. The molecule has 0 aliphatic rings. The van der Waals surface area contributed by atoms with Crippen LogP contribution in [-0.2, 0) is 17.8 Å². The van der Waals surface area contributed by atoms with Gasteiger partial charge < -0.3 is 14.8 Å². The minimum Gasteiger partial charge on any atom is -0.488 e. The third-order valence-corrected chi connectivity index (χ3v) is 4.87. The fourth-order valence-corrected chi connectivity index (χ4v) is 3.52. The molecule has 3 aromatic carbocycles. The van der Waals surface area contributed by atoms with Crippen LogP contribution >= 0.6 is 0 Å². The molecule has 2 N–H and O–H groups in total. The van der Waals surface area contributed by atoms with Crippen LogP contribution < -0.4 is 4.74 Å². The van der Waals surface area contributed by atoms with Crippen LogP contribution in [0.15, 0.2) is 72.8 Å². The largest absolute Gasteiger partial charge is 0.488 e. The molecule has 4 nitrogen and oxygen atoms in total. The number of hydrogen-bond donors (Lipinski definition) is 2. The summed E-state index contributed by atoms with van der Waals surface area (Å²) in [5, 5.41) is 10.4. The molecule has 0 radical (unpaired) electrons. The number of nitrogens with one attached hydrogen (secondary N) is 1. The van der Waals surface area contributed by atoms with Gasteiger partial charge in [-0.25, -0.2) is 0 Å². The average Bonchev–Trinajstić information content (AvgIpc) is 3.06. The van der Waals surface area contributed by atoms with Gasteiger partial charge in [-0.2, -0.15) is 0 Å². The number of ether oxygens (including phenoxy) is 1. The Kier molecular flexibility index (Phi) is 4.85. The highest BCUT2D eigenvalue weighted by Gasteiger charge is 2.19. The lowest BCUT2D eigenvalue weighted by atomic mass is 10.0. The molecule has 4 aromatic rings. The molecule has 1 heterocycles. The van der Waals surface area contributed by atoms with Crippen molar-refractivity contribution in [3.05, 3.63) is 89.5 Å². The Hall–Kier alpha value is -3.53. The fraction of sp³-hybridized carbons (Fsp3) is 0.125. The standard InChI is InChI=1S/C24H21NO3/c1-16-8-7-12-18-20(14-22(26)27)24(25-23(16)18)19-11-5-6-13-21(19)28-15-17-9-3-2-4-10-17/h2-13,25H,14-15H2,1H3,(H,26,27). The van der Waals surface area contributed by atoms with E-state index < -0.39 is 5.97 Å². The maximum Gasteiger partial charge on any atom is 0.307 e. The van der Waals surface area contributed by atoms with Gasteiger partial charge >= 0.3 is 5.97 Å². The Bertz CT molecular complexity index is 1130. The van der Waals surface area contributed by atoms with Crippen LogP contribution in [0, 0.1) is 6.92 Å². The summed E-state index contributed by atoms with van der Waals surface area (Å²) in [5.74, 6) is -0.131. The molecule has 0 fully saturated rings. The third-order valence-electron chi connectivity index (χ3n) is 4.87. The van der Waals surface area contributed by atoms with E-state index in [4.69, 9.17) is 4.74 Å². The first-order valence-corrected chi connectivity index (χ1v) is 9.21. The van der Waals surface area contributed by atoms with Gasteiger partial charge in [0.25, 0.3) is 0 Å². The van der Waals surface area contributed by atoms with Gasteiger partial charge in [-0.3, -0.25) is 4.79 Å². The number of benzene rings is 3. The first kappa shape index (κ1) is 17.9. The third kappa shape index (κ3) is 3.49. The molecule has 0 aliphatic heterocycles. The van der Waals surface area contributed by atoms with E-state index in [9.17, 15) is 9.90 Å². The molecule has 0 unspecified atom stereocenters. The Balaban J connectivity index is 1.80. The molecule has 140 valence electrons. The van der Waals surface area contributed by atoms with Crippen LogP contribution in [0.2, 0.25) is 0 Å². The lowest BCUT2D eigenvalue weighted by Crippen LogP contribution is -2.02. The van der Waals surface area contributed by atoms with Crippen LogP contribution in [0.4, 0.5) is 0 Å². The number of hydrogen-bond acceptors (Lipinski definition) is 2. The smallest absolute Gasteiger partial charge is 0.307 e. The van der Waals surface area contributed by atoms with E-state index in [0.717, 1.165) is 44.6 Å². The number of aromatic amines is 1. The molecule has 0 atom stereocenters. The molecule has 1 aromatic heterocycles. The Labute approximate surface area is 163 Å². The van der Waals surface area contributed by atoms with Crippen LogP contribution in [0.25, 0.3) is 22.2 Å². The zero-order valence-corrected chi connectivity index (χ0v) is 15.6. The highest BCUT2D eigenvalue weighted by molar-refractivity contribution is 5.96. The first-order chi connectivity index (χ1) is 13.6. The van der Waals surface area contributed by atoms with E-state index >= 15 is 0 Å². The molecular weight excluding hydrogens is 350 g/mol. The van der Waals surface area contributed by atoms with Gasteiger partial charge in [0.05, 0.1) is 12.1 Å². The number of carbonyl (C=O) groups is 1. The topological polar surface area (TPSA) is 62.3 Å². The van der Waals surface area contributed by atoms with Crippen molar-refractivity contribution < 1.29 is 14.6 Å². The Morgan fingerprint density at radius 2 is 1.71 bits per heavy atom. The molecule has 0 bridgehead atoms. The Morgan fingerprint density at radius 1 is 0.964 bits per heavy atom. The van der Waals surface area contributed by atoms with Crippen LogP contribution in [0.1, 0.15) is 16.7 Å². The van der Waals surface area contributed by atoms with Gasteiger partial charge in [0.15, 0.2) is 0 Å². The summed E-state index contributed by atoms with van der Waals surface area (Å²) in [7, 11) is 0. The Morgan fingerprint density at radius 3 is 2.50 bits per heavy atom. The molecule has 0 saturated carbocycles. The number of fused-ring (bicyclic) bond motifs is 1. The second-order valence-corrected chi connectivity index (χ2v) is 6.82. The van der Waals surface area contributed by atoms with Crippen molar-refractivity contribution in [3.63, 3.8) is 0 Å². The van der Waals surface area contributed by atoms with Crippen molar-refractivity contribution in [3.8, 4) is 17.0 Å². The molecule has 4 heteroatoms. The van der Waals surface area contributed by atoms with Crippen LogP contribution in [0.3, 0.4) is 0 Å². The molecule has 0 aliphatic carbocycles. The van der Waals surface area contributed by atoms with Crippen molar-refractivity contribution in [1.29, 1.82) is 0 Å². The van der Waals surface area contributed by atoms with E-state index in [2.05, 4.69) is 4.98 Å². The summed E-state index contributed by atoms with van der Waals surface area (Å²) in [6.07, 6.45) is -0.0498. The zero-order valence-electron chi connectivity index (χ0n) is 15.6. The van der Waals surface area contributed by atoms with Crippen molar-refractivity contribution in [2.75, 3.05) is 0 Å². The maximum atomic E-state index is 11.5. The van der Waals surface area contributed by atoms with E-state index in [1.165, 1.54) is 0 Å². The van der Waals surface area contributed by atoms with E-state index in [0.29, 0.717) is 6.61 Å². The highest BCUT2D eigenvalue weighted by atomic mass is 16.5. The molecule has 0 saturated heterocycles. The summed E-state index contributed by atoms with van der Waals surface area (Å²) in [6, 6.07) is 23.7.